The molecule has 0 radical (unpaired) electrons. The molecule has 116 valence electrons. The topological polar surface area (TPSA) is 48.5 Å². The number of piperazine rings is 1. The molecule has 21 heavy (non-hydrogen) atoms. The molecule has 2 aliphatic heterocycles. The molecule has 0 spiro atoms. The molecule has 2 aliphatic rings. The molecular weight excluding hydrogens is 284 g/mol. The van der Waals surface area contributed by atoms with Crippen LogP contribution in [0.3, 0.4) is 0 Å². The summed E-state index contributed by atoms with van der Waals surface area (Å²) in [6.07, 6.45) is 4.41. The Hall–Kier alpha value is -1.14. The molecule has 3 heterocycles. The minimum Gasteiger partial charge on any atom is -0.348 e. The van der Waals surface area contributed by atoms with Crippen molar-refractivity contribution in [3.8, 4) is 0 Å². The smallest absolute Gasteiger partial charge is 0.266 e. The largest absolute Gasteiger partial charge is 0.348 e. The molecule has 1 aromatic rings. The van der Waals surface area contributed by atoms with E-state index < -0.39 is 0 Å². The number of nitrogens with one attached hydrogen (secondary N) is 1. The van der Waals surface area contributed by atoms with E-state index >= 15 is 0 Å². The predicted octanol–water partition coefficient (Wildman–Crippen LogP) is 1.74. The molecule has 0 unspecified atom stereocenters. The highest BCUT2D eigenvalue weighted by Gasteiger charge is 2.26. The Balaban J connectivity index is 1.82. The lowest BCUT2D eigenvalue weighted by Crippen LogP contribution is -2.46. The van der Waals surface area contributed by atoms with Gasteiger partial charge in [-0.3, -0.25) is 4.79 Å². The summed E-state index contributed by atoms with van der Waals surface area (Å²) in [5.41, 5.74) is 1.01. The summed E-state index contributed by atoms with van der Waals surface area (Å²) in [7, 11) is 0. The van der Waals surface area contributed by atoms with Crippen molar-refractivity contribution in [2.45, 2.75) is 32.6 Å². The summed E-state index contributed by atoms with van der Waals surface area (Å²) < 4.78 is 0. The molecule has 1 aromatic heterocycles. The normalized spacial score (nSPS) is 19.3. The van der Waals surface area contributed by atoms with Crippen molar-refractivity contribution in [1.29, 1.82) is 0 Å². The Morgan fingerprint density at radius 3 is 2.62 bits per heavy atom. The van der Waals surface area contributed by atoms with Crippen molar-refractivity contribution >= 4 is 22.4 Å². The fourth-order valence-corrected chi connectivity index (χ4v) is 4.10. The van der Waals surface area contributed by atoms with Gasteiger partial charge >= 0.3 is 0 Å². The van der Waals surface area contributed by atoms with E-state index in [2.05, 4.69) is 17.1 Å². The summed E-state index contributed by atoms with van der Waals surface area (Å²) in [6, 6.07) is 0. The molecule has 3 rings (SSSR count). The van der Waals surface area contributed by atoms with E-state index in [-0.39, 0.29) is 5.91 Å². The highest BCUT2D eigenvalue weighted by molar-refractivity contribution is 7.17. The number of aryl methyl sites for hydroxylation is 1. The van der Waals surface area contributed by atoms with Crippen LogP contribution in [-0.4, -0.2) is 55.1 Å². The number of carbonyl (C=O) groups excluding carboxylic acids is 1. The monoisotopic (exact) mass is 308 g/mol. The number of thiazole rings is 1. The van der Waals surface area contributed by atoms with E-state index in [4.69, 9.17) is 4.98 Å². The second-order valence-corrected chi connectivity index (χ2v) is 6.74. The third-order valence-corrected chi connectivity index (χ3v) is 5.29. The van der Waals surface area contributed by atoms with Gasteiger partial charge < -0.3 is 15.1 Å². The van der Waals surface area contributed by atoms with Gasteiger partial charge in [-0.2, -0.15) is 0 Å². The highest BCUT2D eigenvalue weighted by Crippen LogP contribution is 2.30. The summed E-state index contributed by atoms with van der Waals surface area (Å²) >= 11 is 1.60. The number of nitrogens with zero attached hydrogens (tertiary/aromatic N) is 3. The van der Waals surface area contributed by atoms with Gasteiger partial charge in [-0.1, -0.05) is 24.7 Å². The van der Waals surface area contributed by atoms with Crippen molar-refractivity contribution < 1.29 is 4.79 Å². The van der Waals surface area contributed by atoms with Crippen molar-refractivity contribution in [1.82, 2.24) is 15.2 Å². The maximum atomic E-state index is 12.8. The average Bonchev–Trinajstić information content (AvgIpc) is 3.17. The predicted molar refractivity (Wildman–Crippen MR) is 86.3 cm³/mol. The molecule has 0 bridgehead atoms. The van der Waals surface area contributed by atoms with Crippen LogP contribution < -0.4 is 10.2 Å². The Bertz CT molecular complexity index is 490. The van der Waals surface area contributed by atoms with Gasteiger partial charge in [-0.25, -0.2) is 4.98 Å². The van der Waals surface area contributed by atoms with Crippen LogP contribution in [0, 0.1) is 0 Å². The van der Waals surface area contributed by atoms with Gasteiger partial charge in [0.1, 0.15) is 4.88 Å². The number of anilines is 1. The molecule has 0 saturated carbocycles. The zero-order valence-corrected chi connectivity index (χ0v) is 13.5. The molecule has 2 saturated heterocycles. The van der Waals surface area contributed by atoms with Crippen LogP contribution in [-0.2, 0) is 6.42 Å². The van der Waals surface area contributed by atoms with Crippen molar-refractivity contribution in [3.05, 3.63) is 10.6 Å². The number of carbonyl (C=O) groups is 1. The van der Waals surface area contributed by atoms with E-state index in [0.29, 0.717) is 0 Å². The third kappa shape index (κ3) is 3.21. The van der Waals surface area contributed by atoms with E-state index in [1.165, 1.54) is 12.8 Å². The average molecular weight is 308 g/mol. The molecule has 0 aromatic carbocycles. The number of hydrogen-bond acceptors (Lipinski definition) is 5. The zero-order valence-electron chi connectivity index (χ0n) is 12.7. The molecule has 1 N–H and O–H groups in total. The second kappa shape index (κ2) is 6.75. The Kier molecular flexibility index (Phi) is 4.75. The molecule has 2 fully saturated rings. The molecule has 1 amide bonds. The van der Waals surface area contributed by atoms with E-state index in [0.717, 1.165) is 67.8 Å². The van der Waals surface area contributed by atoms with Crippen LogP contribution in [0.4, 0.5) is 5.13 Å². The number of rotatable bonds is 4. The van der Waals surface area contributed by atoms with Crippen LogP contribution in [0.15, 0.2) is 0 Å². The van der Waals surface area contributed by atoms with Gasteiger partial charge in [0.2, 0.25) is 0 Å². The van der Waals surface area contributed by atoms with Gasteiger partial charge in [-0.15, -0.1) is 0 Å². The number of aromatic nitrogens is 1. The summed E-state index contributed by atoms with van der Waals surface area (Å²) in [4.78, 5) is 22.7. The van der Waals surface area contributed by atoms with Gasteiger partial charge in [0.25, 0.3) is 5.91 Å². The maximum absolute atomic E-state index is 12.8. The number of hydrogen-bond donors (Lipinski definition) is 1. The first-order chi connectivity index (χ1) is 10.3. The van der Waals surface area contributed by atoms with Crippen molar-refractivity contribution in [3.63, 3.8) is 0 Å². The molecule has 0 aliphatic carbocycles. The standard InChI is InChI=1S/C15H24N4OS/c1-2-5-12-13(14(20)18-10-6-16-7-11-18)21-15(17-12)19-8-3-4-9-19/h16H,2-11H2,1H3. The van der Waals surface area contributed by atoms with Crippen LogP contribution in [0.25, 0.3) is 0 Å². The minimum atomic E-state index is 0.183. The van der Waals surface area contributed by atoms with Crippen LogP contribution in [0.2, 0.25) is 0 Å². The fraction of sp³-hybridized carbons (Fsp3) is 0.733. The lowest BCUT2D eigenvalue weighted by Gasteiger charge is -2.27. The lowest BCUT2D eigenvalue weighted by molar-refractivity contribution is 0.0739. The molecule has 0 atom stereocenters. The summed E-state index contributed by atoms with van der Waals surface area (Å²) in [6.45, 7) is 7.72. The quantitative estimate of drug-likeness (QED) is 0.920. The zero-order chi connectivity index (χ0) is 14.7. The Morgan fingerprint density at radius 2 is 1.95 bits per heavy atom. The van der Waals surface area contributed by atoms with E-state index in [9.17, 15) is 4.79 Å². The van der Waals surface area contributed by atoms with E-state index in [1.807, 2.05) is 4.90 Å². The third-order valence-electron chi connectivity index (χ3n) is 4.15. The van der Waals surface area contributed by atoms with Crippen LogP contribution in [0.1, 0.15) is 41.6 Å². The molecule has 5 nitrogen and oxygen atoms in total. The minimum absolute atomic E-state index is 0.183. The Morgan fingerprint density at radius 1 is 1.24 bits per heavy atom. The van der Waals surface area contributed by atoms with Crippen molar-refractivity contribution in [2.24, 2.45) is 0 Å². The first-order valence-corrected chi connectivity index (χ1v) is 8.86. The van der Waals surface area contributed by atoms with Gasteiger partial charge in [-0.05, 0) is 19.3 Å². The first kappa shape index (κ1) is 14.8. The van der Waals surface area contributed by atoms with Gasteiger partial charge in [0, 0.05) is 39.3 Å². The summed E-state index contributed by atoms with van der Waals surface area (Å²) in [5, 5.41) is 4.35. The van der Waals surface area contributed by atoms with Crippen LogP contribution in [0.5, 0.6) is 0 Å². The number of amides is 1. The SMILES string of the molecule is CCCc1nc(N2CCCC2)sc1C(=O)N1CCNCC1. The van der Waals surface area contributed by atoms with Gasteiger partial charge in [0.15, 0.2) is 5.13 Å². The second-order valence-electron chi connectivity index (χ2n) is 5.76. The lowest BCUT2D eigenvalue weighted by atomic mass is 10.2. The van der Waals surface area contributed by atoms with Crippen LogP contribution >= 0.6 is 11.3 Å². The molecular formula is C15H24N4OS. The maximum Gasteiger partial charge on any atom is 0.266 e. The summed E-state index contributed by atoms with van der Waals surface area (Å²) in [5.74, 6) is 0.183. The first-order valence-electron chi connectivity index (χ1n) is 8.04. The van der Waals surface area contributed by atoms with Crippen molar-refractivity contribution in [2.75, 3.05) is 44.2 Å². The highest BCUT2D eigenvalue weighted by atomic mass is 32.1. The molecule has 6 heteroatoms. The Labute approximate surface area is 130 Å². The van der Waals surface area contributed by atoms with E-state index in [1.54, 1.807) is 11.3 Å². The van der Waals surface area contributed by atoms with Gasteiger partial charge in [0.05, 0.1) is 5.69 Å². The fourth-order valence-electron chi connectivity index (χ4n) is 2.97.